The van der Waals surface area contributed by atoms with Crippen LogP contribution in [0.3, 0.4) is 0 Å². The lowest BCUT2D eigenvalue weighted by Gasteiger charge is -2.39. The van der Waals surface area contributed by atoms with E-state index in [9.17, 15) is 15.3 Å². The van der Waals surface area contributed by atoms with Gasteiger partial charge in [-0.15, -0.1) is 0 Å². The molecule has 1 saturated heterocycles. The summed E-state index contributed by atoms with van der Waals surface area (Å²) in [5.41, 5.74) is 0.990. The summed E-state index contributed by atoms with van der Waals surface area (Å²) in [5.74, 6) is 1.41. The van der Waals surface area contributed by atoms with Crippen molar-refractivity contribution < 1.29 is 32.7 Å². The standard InChI is InChI=1S/C46H56N9O8P/c1-31(2)55(32(3)4)64(61-27-13-25-48)63-40-38(62-44(41(40)59-26-12-24-47)54-30-49-39-42(54)51-45(52-43(39)56)50-29-53(5)6)28-60-46(33-14-10-9-11-15-33,34-16-20-36(57-7)21-17-34)35-18-22-37(58-8)23-19-35/h9-11,14-23,29-32,38,40-41,44H,12-13,26-28H2,1-8H3,(H,51,52,56)/t38-,40?,41+,44-,64?/m1/s1. The molecule has 338 valence electrons. The number of aromatic nitrogens is 4. The summed E-state index contributed by atoms with van der Waals surface area (Å²) < 4.78 is 49.6. The fourth-order valence-electron chi connectivity index (χ4n) is 7.62. The predicted octanol–water partition coefficient (Wildman–Crippen LogP) is 7.22. The van der Waals surface area contributed by atoms with Crippen LogP contribution in [0.25, 0.3) is 11.2 Å². The number of rotatable bonds is 22. The monoisotopic (exact) mass is 893 g/mol. The van der Waals surface area contributed by atoms with E-state index in [0.29, 0.717) is 11.5 Å². The van der Waals surface area contributed by atoms with Gasteiger partial charge in [-0.2, -0.15) is 15.5 Å². The van der Waals surface area contributed by atoms with Crippen molar-refractivity contribution in [2.24, 2.45) is 4.99 Å². The number of nitrogens with zero attached hydrogens (tertiary/aromatic N) is 8. The molecule has 18 heteroatoms. The number of hydrogen-bond acceptors (Lipinski definition) is 14. The lowest BCUT2D eigenvalue weighted by atomic mass is 9.80. The molecule has 2 aromatic heterocycles. The van der Waals surface area contributed by atoms with Crippen molar-refractivity contribution in [2.75, 3.05) is 48.1 Å². The summed E-state index contributed by atoms with van der Waals surface area (Å²) in [6.07, 6.45) is -0.500. The molecular weight excluding hydrogens is 838 g/mol. The zero-order valence-electron chi connectivity index (χ0n) is 37.5. The molecule has 3 heterocycles. The van der Waals surface area contributed by atoms with Crippen LogP contribution in [-0.4, -0.2) is 114 Å². The van der Waals surface area contributed by atoms with Gasteiger partial charge in [-0.1, -0.05) is 54.6 Å². The molecule has 5 atom stereocenters. The van der Waals surface area contributed by atoms with Gasteiger partial charge in [0, 0.05) is 26.2 Å². The Bertz CT molecular complexity index is 2380. The number of ether oxygens (including phenoxy) is 5. The first-order valence-corrected chi connectivity index (χ1v) is 22.1. The van der Waals surface area contributed by atoms with Crippen LogP contribution in [0.4, 0.5) is 5.95 Å². The van der Waals surface area contributed by atoms with E-state index in [2.05, 4.69) is 59.5 Å². The van der Waals surface area contributed by atoms with E-state index in [1.54, 1.807) is 37.8 Å². The molecule has 0 amide bonds. The summed E-state index contributed by atoms with van der Waals surface area (Å²) in [6, 6.07) is 29.6. The lowest BCUT2D eigenvalue weighted by molar-refractivity contribution is -0.0952. The molecule has 0 bridgehead atoms. The number of nitriles is 2. The van der Waals surface area contributed by atoms with Gasteiger partial charge >= 0.3 is 0 Å². The fourth-order valence-corrected chi connectivity index (χ4v) is 9.39. The highest BCUT2D eigenvalue weighted by Gasteiger charge is 2.52. The number of benzene rings is 3. The van der Waals surface area contributed by atoms with Crippen molar-refractivity contribution in [3.63, 3.8) is 0 Å². The van der Waals surface area contributed by atoms with Crippen LogP contribution in [-0.2, 0) is 28.9 Å². The first kappa shape index (κ1) is 47.7. The van der Waals surface area contributed by atoms with Gasteiger partial charge in [0.05, 0.1) is 71.7 Å². The van der Waals surface area contributed by atoms with E-state index in [0.717, 1.165) is 16.7 Å². The summed E-state index contributed by atoms with van der Waals surface area (Å²) in [4.78, 5) is 31.3. The molecule has 1 aliphatic rings. The molecule has 3 aromatic carbocycles. The second-order valence-corrected chi connectivity index (χ2v) is 17.1. The maximum Gasteiger partial charge on any atom is 0.280 e. The largest absolute Gasteiger partial charge is 0.497 e. The molecule has 0 aliphatic carbocycles. The van der Waals surface area contributed by atoms with Gasteiger partial charge < -0.3 is 37.6 Å². The number of methoxy groups -OCH3 is 2. The van der Waals surface area contributed by atoms with Gasteiger partial charge in [-0.25, -0.2) is 14.6 Å². The number of imidazole rings is 1. The highest BCUT2D eigenvalue weighted by atomic mass is 31.2. The molecule has 1 fully saturated rings. The smallest absolute Gasteiger partial charge is 0.280 e. The fraction of sp³-hybridized carbons (Fsp3) is 0.435. The van der Waals surface area contributed by atoms with Crippen LogP contribution < -0.4 is 15.0 Å². The Morgan fingerprint density at radius 2 is 1.48 bits per heavy atom. The third-order valence-electron chi connectivity index (χ3n) is 10.4. The summed E-state index contributed by atoms with van der Waals surface area (Å²) in [5, 5.41) is 19.2. The third kappa shape index (κ3) is 10.8. The molecule has 0 spiro atoms. The van der Waals surface area contributed by atoms with Crippen molar-refractivity contribution in [1.29, 1.82) is 10.5 Å². The minimum Gasteiger partial charge on any atom is -0.497 e. The van der Waals surface area contributed by atoms with Crippen molar-refractivity contribution in [3.05, 3.63) is 112 Å². The van der Waals surface area contributed by atoms with Crippen LogP contribution in [0.2, 0.25) is 0 Å². The Hall–Kier alpha value is -5.75. The lowest BCUT2D eigenvalue weighted by Crippen LogP contribution is -2.43. The van der Waals surface area contributed by atoms with E-state index in [4.69, 9.17) is 37.7 Å². The summed E-state index contributed by atoms with van der Waals surface area (Å²) in [6.45, 7) is 8.29. The van der Waals surface area contributed by atoms with E-state index in [-0.39, 0.29) is 61.9 Å². The zero-order valence-corrected chi connectivity index (χ0v) is 38.3. The quantitative estimate of drug-likeness (QED) is 0.0240. The zero-order chi connectivity index (χ0) is 45.8. The van der Waals surface area contributed by atoms with Gasteiger partial charge in [0.2, 0.25) is 5.95 Å². The van der Waals surface area contributed by atoms with Crippen LogP contribution in [0.1, 0.15) is 63.5 Å². The van der Waals surface area contributed by atoms with Crippen LogP contribution in [0, 0.1) is 22.7 Å². The van der Waals surface area contributed by atoms with E-state index in [1.807, 2.05) is 78.9 Å². The molecular formula is C46H56N9O8P. The average molecular weight is 894 g/mol. The van der Waals surface area contributed by atoms with Crippen molar-refractivity contribution in [3.8, 4) is 23.6 Å². The van der Waals surface area contributed by atoms with Crippen LogP contribution in [0.15, 0.2) is 95.0 Å². The van der Waals surface area contributed by atoms with Gasteiger partial charge in [0.15, 0.2) is 17.4 Å². The van der Waals surface area contributed by atoms with Gasteiger partial charge in [-0.3, -0.25) is 14.3 Å². The second kappa shape index (κ2) is 22.2. The molecule has 64 heavy (non-hydrogen) atoms. The first-order chi connectivity index (χ1) is 30.9. The maximum atomic E-state index is 13.4. The topological polar surface area (TPSA) is 195 Å². The predicted molar refractivity (Wildman–Crippen MR) is 242 cm³/mol. The molecule has 0 radical (unpaired) electrons. The number of H-pyrrole nitrogens is 1. The van der Waals surface area contributed by atoms with Gasteiger partial charge in [-0.05, 0) is 68.7 Å². The minimum absolute atomic E-state index is 0.0236. The van der Waals surface area contributed by atoms with Gasteiger partial charge in [0.1, 0.15) is 35.4 Å². The normalized spacial score (nSPS) is 18.2. The number of aliphatic imine (C=N–C) groups is 1. The Labute approximate surface area is 375 Å². The van der Waals surface area contributed by atoms with E-state index < -0.39 is 44.2 Å². The maximum absolute atomic E-state index is 13.4. The van der Waals surface area contributed by atoms with Crippen LogP contribution in [0.5, 0.6) is 11.5 Å². The molecule has 6 rings (SSSR count). The molecule has 17 nitrogen and oxygen atoms in total. The molecule has 1 aliphatic heterocycles. The molecule has 5 aromatic rings. The molecule has 1 N–H and O–H groups in total. The van der Waals surface area contributed by atoms with Crippen LogP contribution >= 0.6 is 8.53 Å². The highest BCUT2D eigenvalue weighted by molar-refractivity contribution is 7.44. The Balaban J connectivity index is 1.54. The van der Waals surface area contributed by atoms with Crippen molar-refractivity contribution >= 4 is 32.0 Å². The Kier molecular flexibility index (Phi) is 16.6. The highest BCUT2D eigenvalue weighted by Crippen LogP contribution is 2.51. The number of nitrogens with one attached hydrogen (secondary N) is 1. The minimum atomic E-state index is -1.86. The number of aromatic amines is 1. The average Bonchev–Trinajstić information content (AvgIpc) is 3.87. The van der Waals surface area contributed by atoms with Gasteiger partial charge in [0.25, 0.3) is 14.1 Å². The summed E-state index contributed by atoms with van der Waals surface area (Å²) >= 11 is 0. The van der Waals surface area contributed by atoms with E-state index in [1.165, 1.54) is 12.7 Å². The molecule has 0 saturated carbocycles. The number of hydrogen-bond donors (Lipinski definition) is 1. The van der Waals surface area contributed by atoms with Crippen molar-refractivity contribution in [1.82, 2.24) is 29.1 Å². The Morgan fingerprint density at radius 1 is 0.891 bits per heavy atom. The summed E-state index contributed by atoms with van der Waals surface area (Å²) in [7, 11) is 4.99. The molecule has 2 unspecified atom stereocenters. The van der Waals surface area contributed by atoms with Crippen molar-refractivity contribution in [2.45, 2.75) is 82.8 Å². The van der Waals surface area contributed by atoms with E-state index >= 15 is 0 Å². The first-order valence-electron chi connectivity index (χ1n) is 21.0. The SMILES string of the molecule is COc1ccc(C(OC[C@H]2O[C@@H](n3cnc4c(=O)[nH]c(N=CN(C)C)nc43)[C@@H](OCCC#N)C2OP(OCCC#N)N(C(C)C)C(C)C)(c2ccccc2)c2ccc(OC)cc2)cc1. The third-order valence-corrected chi connectivity index (χ3v) is 12.6. The Morgan fingerprint density at radius 3 is 2.05 bits per heavy atom. The second-order valence-electron chi connectivity index (χ2n) is 15.7. The number of fused-ring (bicyclic) bond motifs is 1.